The molecule has 0 saturated heterocycles. The van der Waals surface area contributed by atoms with Crippen LogP contribution in [0.4, 0.5) is 5.69 Å². The number of halogens is 1. The zero-order chi connectivity index (χ0) is 26.9. The van der Waals surface area contributed by atoms with Gasteiger partial charge in [-0.3, -0.25) is 9.59 Å². The Balaban J connectivity index is 1.72. The summed E-state index contributed by atoms with van der Waals surface area (Å²) in [5.74, 6) is -1.46. The van der Waals surface area contributed by atoms with Crippen LogP contribution in [0.2, 0.25) is 0 Å². The van der Waals surface area contributed by atoms with Gasteiger partial charge >= 0.3 is 5.97 Å². The zero-order valence-electron chi connectivity index (χ0n) is 21.1. The first kappa shape index (κ1) is 26.5. The number of hydrogen-bond acceptors (Lipinski definition) is 7. The highest BCUT2D eigenvalue weighted by molar-refractivity contribution is 9.10. The van der Waals surface area contributed by atoms with Crippen molar-refractivity contribution in [2.45, 2.75) is 39.5 Å². The van der Waals surface area contributed by atoms with E-state index in [1.165, 1.54) is 7.11 Å². The normalized spacial score (nSPS) is 18.6. The van der Waals surface area contributed by atoms with Crippen LogP contribution in [0.5, 0.6) is 5.75 Å². The number of aryl methyl sites for hydroxylation is 1. The second-order valence-electron chi connectivity index (χ2n) is 9.97. The molecule has 0 radical (unpaired) electrons. The topological polar surface area (TPSA) is 117 Å². The van der Waals surface area contributed by atoms with Crippen LogP contribution in [-0.4, -0.2) is 31.4 Å². The Morgan fingerprint density at radius 3 is 2.65 bits per heavy atom. The van der Waals surface area contributed by atoms with Crippen LogP contribution in [0, 0.1) is 12.3 Å². The van der Waals surface area contributed by atoms with Gasteiger partial charge in [0, 0.05) is 34.1 Å². The number of ether oxygens (including phenoxy) is 3. The SMILES string of the molecule is COC(=O)C1=C(N)OC2=C(C(=O)CC(C)(C)C2)C1c1cc(Br)ccc1OCC(=O)Nc1cccc(C)c1. The molecule has 0 fully saturated rings. The van der Waals surface area contributed by atoms with Gasteiger partial charge < -0.3 is 25.3 Å². The Morgan fingerprint density at radius 2 is 1.95 bits per heavy atom. The molecule has 1 atom stereocenters. The van der Waals surface area contributed by atoms with Crippen molar-refractivity contribution in [3.05, 3.63) is 80.9 Å². The fraction of sp³-hybridized carbons (Fsp3) is 0.321. The number of rotatable bonds is 6. The van der Waals surface area contributed by atoms with Gasteiger partial charge in [0.15, 0.2) is 12.4 Å². The summed E-state index contributed by atoms with van der Waals surface area (Å²) in [4.78, 5) is 38.9. The third-order valence-corrected chi connectivity index (χ3v) is 6.80. The summed E-state index contributed by atoms with van der Waals surface area (Å²) in [5, 5.41) is 2.81. The monoisotopic (exact) mass is 568 g/mol. The number of esters is 1. The van der Waals surface area contributed by atoms with Crippen molar-refractivity contribution in [3.8, 4) is 5.75 Å². The Labute approximate surface area is 224 Å². The minimum Gasteiger partial charge on any atom is -0.483 e. The van der Waals surface area contributed by atoms with Gasteiger partial charge in [-0.05, 0) is 48.2 Å². The zero-order valence-corrected chi connectivity index (χ0v) is 22.7. The summed E-state index contributed by atoms with van der Waals surface area (Å²) >= 11 is 3.47. The number of hydrogen-bond donors (Lipinski definition) is 2. The average Bonchev–Trinajstić information content (AvgIpc) is 2.81. The second kappa shape index (κ2) is 10.4. The molecule has 1 heterocycles. The molecular formula is C28H29BrN2O6. The van der Waals surface area contributed by atoms with E-state index in [1.54, 1.807) is 24.3 Å². The molecule has 1 unspecified atom stereocenters. The predicted octanol–water partition coefficient (Wildman–Crippen LogP) is 4.88. The quantitative estimate of drug-likeness (QED) is 0.477. The van der Waals surface area contributed by atoms with Gasteiger partial charge in [0.2, 0.25) is 5.88 Å². The molecule has 3 N–H and O–H groups in total. The first-order chi connectivity index (χ1) is 17.5. The van der Waals surface area contributed by atoms with Crippen molar-refractivity contribution in [2.75, 3.05) is 19.0 Å². The van der Waals surface area contributed by atoms with E-state index < -0.39 is 11.9 Å². The molecule has 0 aromatic heterocycles. The Kier molecular flexibility index (Phi) is 7.45. The van der Waals surface area contributed by atoms with Gasteiger partial charge in [0.25, 0.3) is 5.91 Å². The lowest BCUT2D eigenvalue weighted by Crippen LogP contribution is -2.35. The van der Waals surface area contributed by atoms with Crippen LogP contribution >= 0.6 is 15.9 Å². The van der Waals surface area contributed by atoms with Crippen LogP contribution in [0.25, 0.3) is 0 Å². The molecule has 194 valence electrons. The highest BCUT2D eigenvalue weighted by Crippen LogP contribution is 2.50. The second-order valence-corrected chi connectivity index (χ2v) is 10.9. The number of carbonyl (C=O) groups excluding carboxylic acids is 3. The lowest BCUT2D eigenvalue weighted by molar-refractivity contribution is -0.136. The van der Waals surface area contributed by atoms with Crippen LogP contribution in [0.15, 0.2) is 69.7 Å². The maximum absolute atomic E-state index is 13.4. The van der Waals surface area contributed by atoms with E-state index in [0.717, 1.165) is 5.56 Å². The fourth-order valence-electron chi connectivity index (χ4n) is 4.74. The lowest BCUT2D eigenvalue weighted by Gasteiger charge is -2.38. The molecule has 9 heteroatoms. The molecular weight excluding hydrogens is 540 g/mol. The van der Waals surface area contributed by atoms with Gasteiger partial charge in [0.1, 0.15) is 17.1 Å². The maximum Gasteiger partial charge on any atom is 0.340 e. The third kappa shape index (κ3) is 5.72. The van der Waals surface area contributed by atoms with Gasteiger partial charge in [-0.25, -0.2) is 4.79 Å². The lowest BCUT2D eigenvalue weighted by atomic mass is 9.70. The summed E-state index contributed by atoms with van der Waals surface area (Å²) in [6.07, 6.45) is 0.756. The van der Waals surface area contributed by atoms with E-state index in [1.807, 2.05) is 39.0 Å². The minimum atomic E-state index is -0.882. The average molecular weight is 569 g/mol. The molecule has 37 heavy (non-hydrogen) atoms. The highest BCUT2D eigenvalue weighted by atomic mass is 79.9. The van der Waals surface area contributed by atoms with Crippen LogP contribution in [0.3, 0.4) is 0 Å². The number of benzene rings is 2. The number of allylic oxidation sites excluding steroid dienone is 2. The van der Waals surface area contributed by atoms with E-state index in [9.17, 15) is 14.4 Å². The first-order valence-corrected chi connectivity index (χ1v) is 12.6. The standard InChI is InChI=1S/C28H29BrN2O6/c1-15-6-5-7-17(10-15)31-22(33)14-36-20-9-8-16(29)11-18(20)23-24-19(32)12-28(2,3)13-21(24)37-26(30)25(23)27(34)35-4/h5-11,23H,12-14,30H2,1-4H3,(H,31,33). The maximum atomic E-state index is 13.4. The molecule has 1 amide bonds. The number of anilines is 1. The van der Waals surface area contributed by atoms with Crippen molar-refractivity contribution in [3.63, 3.8) is 0 Å². The van der Waals surface area contributed by atoms with Gasteiger partial charge in [-0.2, -0.15) is 0 Å². The number of nitrogens with two attached hydrogens (primary N) is 1. The smallest absolute Gasteiger partial charge is 0.340 e. The van der Waals surface area contributed by atoms with Gasteiger partial charge in [-0.15, -0.1) is 0 Å². The van der Waals surface area contributed by atoms with E-state index in [2.05, 4.69) is 21.2 Å². The number of Topliss-reactive ketones (excluding diaryl/α,β-unsaturated/α-hetero) is 1. The van der Waals surface area contributed by atoms with Gasteiger partial charge in [-0.1, -0.05) is 41.9 Å². The number of nitrogens with one attached hydrogen (secondary N) is 1. The minimum absolute atomic E-state index is 0.0152. The van der Waals surface area contributed by atoms with Crippen LogP contribution in [0.1, 0.15) is 43.7 Å². The molecule has 0 bridgehead atoms. The largest absolute Gasteiger partial charge is 0.483 e. The predicted molar refractivity (Wildman–Crippen MR) is 142 cm³/mol. The van der Waals surface area contributed by atoms with E-state index in [0.29, 0.717) is 39.2 Å². The first-order valence-electron chi connectivity index (χ1n) is 11.8. The summed E-state index contributed by atoms with van der Waals surface area (Å²) in [6, 6.07) is 12.6. The van der Waals surface area contributed by atoms with Crippen molar-refractivity contribution in [1.29, 1.82) is 0 Å². The Morgan fingerprint density at radius 1 is 1.19 bits per heavy atom. The summed E-state index contributed by atoms with van der Waals surface area (Å²) < 4.78 is 17.5. The number of amides is 1. The molecule has 2 aromatic carbocycles. The molecule has 0 spiro atoms. The van der Waals surface area contributed by atoms with Crippen molar-refractivity contribution in [1.82, 2.24) is 0 Å². The van der Waals surface area contributed by atoms with Crippen LogP contribution < -0.4 is 15.8 Å². The van der Waals surface area contributed by atoms with E-state index in [-0.39, 0.29) is 41.6 Å². The van der Waals surface area contributed by atoms with Crippen molar-refractivity contribution in [2.24, 2.45) is 11.1 Å². The molecule has 0 saturated carbocycles. The molecule has 4 rings (SSSR count). The number of methoxy groups -OCH3 is 1. The summed E-state index contributed by atoms with van der Waals surface area (Å²) in [6.45, 7) is 5.60. The molecule has 2 aliphatic rings. The molecule has 8 nitrogen and oxygen atoms in total. The Hall–Kier alpha value is -3.59. The van der Waals surface area contributed by atoms with Crippen molar-refractivity contribution < 1.29 is 28.6 Å². The number of ketones is 1. The molecule has 2 aromatic rings. The van der Waals surface area contributed by atoms with Gasteiger partial charge in [0.05, 0.1) is 13.0 Å². The van der Waals surface area contributed by atoms with E-state index in [4.69, 9.17) is 19.9 Å². The molecule has 1 aliphatic heterocycles. The fourth-order valence-corrected chi connectivity index (χ4v) is 5.12. The third-order valence-electron chi connectivity index (χ3n) is 6.30. The van der Waals surface area contributed by atoms with Crippen molar-refractivity contribution >= 4 is 39.3 Å². The van der Waals surface area contributed by atoms with E-state index >= 15 is 0 Å². The summed E-state index contributed by atoms with van der Waals surface area (Å²) in [7, 11) is 1.24. The molecule has 1 aliphatic carbocycles. The highest BCUT2D eigenvalue weighted by Gasteiger charge is 2.45. The number of carbonyl (C=O) groups is 3. The summed E-state index contributed by atoms with van der Waals surface area (Å²) in [5.41, 5.74) is 8.42. The Bertz CT molecular complexity index is 1340. The van der Waals surface area contributed by atoms with Crippen LogP contribution in [-0.2, 0) is 23.9 Å².